The molecule has 0 bridgehead atoms. The number of hydrogen-bond donors (Lipinski definition) is 0. The molecule has 1 aliphatic rings. The Morgan fingerprint density at radius 2 is 2.20 bits per heavy atom. The van der Waals surface area contributed by atoms with Crippen molar-refractivity contribution >= 4 is 23.2 Å². The fraction of sp³-hybridized carbons (Fsp3) is 0.600. The Labute approximate surface area is 123 Å². The van der Waals surface area contributed by atoms with E-state index in [1.165, 1.54) is 12.0 Å². The van der Waals surface area contributed by atoms with E-state index in [0.29, 0.717) is 6.42 Å². The first-order valence-corrected chi connectivity index (χ1v) is 7.93. The van der Waals surface area contributed by atoms with Gasteiger partial charge in [-0.15, -0.1) is 11.3 Å². The van der Waals surface area contributed by atoms with Crippen LogP contribution in [-0.2, 0) is 16.0 Å². The molecular weight excluding hydrogens is 274 g/mol. The van der Waals surface area contributed by atoms with Crippen molar-refractivity contribution in [2.75, 3.05) is 13.7 Å². The highest BCUT2D eigenvalue weighted by Gasteiger charge is 2.30. The Kier molecular flexibility index (Phi) is 5.17. The molecule has 1 saturated heterocycles. The second-order valence-electron chi connectivity index (χ2n) is 5.05. The van der Waals surface area contributed by atoms with Gasteiger partial charge in [0.1, 0.15) is 0 Å². The Bertz CT molecular complexity index is 483. The van der Waals surface area contributed by atoms with E-state index in [9.17, 15) is 9.59 Å². The molecular formula is C15H21NO3S. The van der Waals surface area contributed by atoms with Gasteiger partial charge in [-0.05, 0) is 37.8 Å². The molecule has 1 aliphatic heterocycles. The highest BCUT2D eigenvalue weighted by atomic mass is 32.1. The first-order valence-electron chi connectivity index (χ1n) is 7.12. The molecule has 1 unspecified atom stereocenters. The smallest absolute Gasteiger partial charge is 0.307 e. The number of likely N-dealkylation sites (tertiary alicyclic amines) is 1. The molecule has 110 valence electrons. The third kappa shape index (κ3) is 3.39. The number of piperidine rings is 1. The lowest BCUT2D eigenvalue weighted by atomic mass is 9.99. The number of hydrogen-bond acceptors (Lipinski definition) is 4. The SMILES string of the molecule is CCc1ccc(C(=O)N2CCCCC2CC(=O)OC)s1. The third-order valence-corrected chi connectivity index (χ3v) is 4.96. The van der Waals surface area contributed by atoms with Crippen molar-refractivity contribution < 1.29 is 14.3 Å². The van der Waals surface area contributed by atoms with Crippen molar-refractivity contribution in [2.24, 2.45) is 0 Å². The van der Waals surface area contributed by atoms with Gasteiger partial charge in [-0.2, -0.15) is 0 Å². The van der Waals surface area contributed by atoms with E-state index in [1.54, 1.807) is 11.3 Å². The second-order valence-corrected chi connectivity index (χ2v) is 6.22. The van der Waals surface area contributed by atoms with Gasteiger partial charge in [-0.3, -0.25) is 9.59 Å². The Hall–Kier alpha value is -1.36. The van der Waals surface area contributed by atoms with Crippen LogP contribution < -0.4 is 0 Å². The lowest BCUT2D eigenvalue weighted by Crippen LogP contribution is -2.44. The molecule has 0 spiro atoms. The van der Waals surface area contributed by atoms with E-state index >= 15 is 0 Å². The number of rotatable bonds is 4. The summed E-state index contributed by atoms with van der Waals surface area (Å²) in [6, 6.07) is 3.89. The van der Waals surface area contributed by atoms with Crippen molar-refractivity contribution in [3.8, 4) is 0 Å². The predicted molar refractivity (Wildman–Crippen MR) is 79.0 cm³/mol. The summed E-state index contributed by atoms with van der Waals surface area (Å²) in [6.45, 7) is 2.82. The van der Waals surface area contributed by atoms with Gasteiger partial charge in [-0.25, -0.2) is 0 Å². The molecule has 0 radical (unpaired) electrons. The number of nitrogens with zero attached hydrogens (tertiary/aromatic N) is 1. The Morgan fingerprint density at radius 3 is 2.85 bits per heavy atom. The average molecular weight is 295 g/mol. The minimum atomic E-state index is -0.241. The van der Waals surface area contributed by atoms with Gasteiger partial charge in [0, 0.05) is 17.5 Å². The van der Waals surface area contributed by atoms with Crippen molar-refractivity contribution in [2.45, 2.75) is 45.1 Å². The molecule has 0 aromatic carbocycles. The van der Waals surface area contributed by atoms with Crippen molar-refractivity contribution in [1.29, 1.82) is 0 Å². The van der Waals surface area contributed by atoms with Crippen molar-refractivity contribution in [3.63, 3.8) is 0 Å². The maximum Gasteiger partial charge on any atom is 0.307 e. The van der Waals surface area contributed by atoms with Crippen LogP contribution in [0.4, 0.5) is 0 Å². The zero-order chi connectivity index (χ0) is 14.5. The summed E-state index contributed by atoms with van der Waals surface area (Å²) in [7, 11) is 1.39. The van der Waals surface area contributed by atoms with Crippen LogP contribution in [0.15, 0.2) is 12.1 Å². The van der Waals surface area contributed by atoms with Gasteiger partial charge < -0.3 is 9.64 Å². The number of methoxy groups -OCH3 is 1. The number of esters is 1. The molecule has 2 heterocycles. The van der Waals surface area contributed by atoms with Crippen LogP contribution in [0.1, 0.15) is 47.2 Å². The monoisotopic (exact) mass is 295 g/mol. The Morgan fingerprint density at radius 1 is 1.40 bits per heavy atom. The number of aryl methyl sites for hydroxylation is 1. The average Bonchev–Trinajstić information content (AvgIpc) is 2.96. The van der Waals surface area contributed by atoms with Gasteiger partial charge in [-0.1, -0.05) is 6.92 Å². The lowest BCUT2D eigenvalue weighted by Gasteiger charge is -2.34. The summed E-state index contributed by atoms with van der Waals surface area (Å²) in [5.74, 6) is -0.182. The van der Waals surface area contributed by atoms with Gasteiger partial charge in [0.2, 0.25) is 0 Å². The van der Waals surface area contributed by atoms with Crippen LogP contribution >= 0.6 is 11.3 Å². The maximum absolute atomic E-state index is 12.6. The van der Waals surface area contributed by atoms with Gasteiger partial charge in [0.25, 0.3) is 5.91 Å². The minimum absolute atomic E-state index is 0.0177. The van der Waals surface area contributed by atoms with Crippen LogP contribution in [0.2, 0.25) is 0 Å². The van der Waals surface area contributed by atoms with Crippen molar-refractivity contribution in [1.82, 2.24) is 4.90 Å². The molecule has 0 saturated carbocycles. The molecule has 0 aliphatic carbocycles. The van der Waals surface area contributed by atoms with E-state index < -0.39 is 0 Å². The number of amides is 1. The minimum Gasteiger partial charge on any atom is -0.469 e. The fourth-order valence-corrected chi connectivity index (χ4v) is 3.48. The summed E-state index contributed by atoms with van der Waals surface area (Å²) in [4.78, 5) is 27.9. The van der Waals surface area contributed by atoms with Gasteiger partial charge >= 0.3 is 5.97 Å². The maximum atomic E-state index is 12.6. The molecule has 1 amide bonds. The predicted octanol–water partition coefficient (Wildman–Crippen LogP) is 2.87. The lowest BCUT2D eigenvalue weighted by molar-refractivity contribution is -0.142. The highest BCUT2D eigenvalue weighted by molar-refractivity contribution is 7.14. The normalized spacial score (nSPS) is 18.9. The standard InChI is InChI=1S/C15H21NO3S/c1-3-12-7-8-13(20-12)15(18)16-9-5-4-6-11(16)10-14(17)19-2/h7-8,11H,3-6,9-10H2,1-2H3. The summed E-state index contributed by atoms with van der Waals surface area (Å²) < 4.78 is 4.73. The summed E-state index contributed by atoms with van der Waals surface area (Å²) in [5, 5.41) is 0. The molecule has 1 atom stereocenters. The molecule has 0 N–H and O–H groups in total. The molecule has 2 rings (SSSR count). The van der Waals surface area contributed by atoms with Crippen LogP contribution in [0.3, 0.4) is 0 Å². The third-order valence-electron chi connectivity index (χ3n) is 3.74. The quantitative estimate of drug-likeness (QED) is 0.802. The molecule has 1 aromatic rings. The summed E-state index contributed by atoms with van der Waals surface area (Å²) in [5.41, 5.74) is 0. The van der Waals surface area contributed by atoms with Gasteiger partial charge in [0.05, 0.1) is 18.4 Å². The number of ether oxygens (including phenoxy) is 1. The zero-order valence-electron chi connectivity index (χ0n) is 12.1. The fourth-order valence-electron chi connectivity index (χ4n) is 2.58. The van der Waals surface area contributed by atoms with Crippen LogP contribution in [0.5, 0.6) is 0 Å². The highest BCUT2D eigenvalue weighted by Crippen LogP contribution is 2.25. The van der Waals surface area contributed by atoms with Crippen LogP contribution in [-0.4, -0.2) is 36.5 Å². The number of carbonyl (C=O) groups is 2. The molecule has 20 heavy (non-hydrogen) atoms. The molecule has 1 fully saturated rings. The van der Waals surface area contributed by atoms with Gasteiger partial charge in [0.15, 0.2) is 0 Å². The molecule has 1 aromatic heterocycles. The van der Waals surface area contributed by atoms with Crippen LogP contribution in [0.25, 0.3) is 0 Å². The topological polar surface area (TPSA) is 46.6 Å². The van der Waals surface area contributed by atoms with E-state index in [0.717, 1.165) is 37.1 Å². The van der Waals surface area contributed by atoms with E-state index in [1.807, 2.05) is 17.0 Å². The first kappa shape index (κ1) is 15.0. The Balaban J connectivity index is 2.10. The number of carbonyl (C=O) groups excluding carboxylic acids is 2. The molecule has 5 heteroatoms. The van der Waals surface area contributed by atoms with E-state index in [2.05, 4.69) is 6.92 Å². The number of thiophene rings is 1. The van der Waals surface area contributed by atoms with E-state index in [-0.39, 0.29) is 17.9 Å². The van der Waals surface area contributed by atoms with Crippen molar-refractivity contribution in [3.05, 3.63) is 21.9 Å². The summed E-state index contributed by atoms with van der Waals surface area (Å²) >= 11 is 1.55. The second kappa shape index (κ2) is 6.88. The van der Waals surface area contributed by atoms with Crippen LogP contribution in [0, 0.1) is 0 Å². The zero-order valence-corrected chi connectivity index (χ0v) is 12.9. The summed E-state index contributed by atoms with van der Waals surface area (Å²) in [6.07, 6.45) is 4.20. The first-order chi connectivity index (χ1) is 9.65. The largest absolute Gasteiger partial charge is 0.469 e. The van der Waals surface area contributed by atoms with E-state index in [4.69, 9.17) is 4.74 Å². The molecule has 4 nitrogen and oxygen atoms in total.